The summed E-state index contributed by atoms with van der Waals surface area (Å²) in [6, 6.07) is 6.86. The third-order valence-corrected chi connectivity index (χ3v) is 3.66. The second kappa shape index (κ2) is 3.60. The van der Waals surface area contributed by atoms with Crippen LogP contribution < -0.4 is 0 Å². The Morgan fingerprint density at radius 2 is 2.21 bits per heavy atom. The molecule has 0 spiro atoms. The van der Waals surface area contributed by atoms with Crippen LogP contribution in [0.2, 0.25) is 0 Å². The Kier molecular flexibility index (Phi) is 2.44. The minimum atomic E-state index is -0.242. The van der Waals surface area contributed by atoms with Crippen LogP contribution in [0.25, 0.3) is 10.1 Å². The molecule has 0 aliphatic carbocycles. The molecule has 1 nitrogen and oxygen atoms in total. The lowest BCUT2D eigenvalue weighted by Crippen LogP contribution is -1.76. The largest absolute Gasteiger partial charge is 0.207 e. The Morgan fingerprint density at radius 3 is 2.86 bits per heavy atom. The van der Waals surface area contributed by atoms with Gasteiger partial charge in [0.15, 0.2) is 0 Å². The molecular weight excluding hydrogens is 217 g/mol. The van der Waals surface area contributed by atoms with Crippen molar-refractivity contribution in [3.8, 4) is 6.07 Å². The van der Waals surface area contributed by atoms with Crippen molar-refractivity contribution in [3.63, 3.8) is 0 Å². The standard InChI is InChI=1S/C10H6FNS2/c1-13-9-2-6(11)3-10-8(9)4-7(5-12)14-10/h2-4H,1H3. The molecule has 1 aromatic heterocycles. The van der Waals surface area contributed by atoms with E-state index in [1.165, 1.54) is 35.2 Å². The number of fused-ring (bicyclic) bond motifs is 1. The maximum absolute atomic E-state index is 13.1. The van der Waals surface area contributed by atoms with Crippen molar-refractivity contribution in [1.29, 1.82) is 5.26 Å². The molecule has 2 rings (SSSR count). The van der Waals surface area contributed by atoms with Crippen LogP contribution in [0, 0.1) is 17.1 Å². The van der Waals surface area contributed by atoms with Gasteiger partial charge < -0.3 is 0 Å². The molecule has 70 valence electrons. The van der Waals surface area contributed by atoms with Crippen molar-refractivity contribution >= 4 is 33.2 Å². The number of hydrogen-bond acceptors (Lipinski definition) is 3. The quantitative estimate of drug-likeness (QED) is 0.689. The van der Waals surface area contributed by atoms with Crippen LogP contribution in [0.4, 0.5) is 4.39 Å². The molecule has 1 heterocycles. The second-order valence-corrected chi connectivity index (χ2v) is 4.67. The maximum Gasteiger partial charge on any atom is 0.125 e. The van der Waals surface area contributed by atoms with E-state index in [-0.39, 0.29) is 5.82 Å². The van der Waals surface area contributed by atoms with Crippen molar-refractivity contribution in [2.75, 3.05) is 6.26 Å². The number of nitrogens with zero attached hydrogens (tertiary/aromatic N) is 1. The summed E-state index contributed by atoms with van der Waals surface area (Å²) in [7, 11) is 0. The van der Waals surface area contributed by atoms with E-state index < -0.39 is 0 Å². The third kappa shape index (κ3) is 1.49. The fourth-order valence-electron chi connectivity index (χ4n) is 1.30. The van der Waals surface area contributed by atoms with Gasteiger partial charge in [-0.25, -0.2) is 4.39 Å². The van der Waals surface area contributed by atoms with Crippen molar-refractivity contribution in [1.82, 2.24) is 0 Å². The molecule has 0 N–H and O–H groups in total. The number of rotatable bonds is 1. The summed E-state index contributed by atoms with van der Waals surface area (Å²) in [6.07, 6.45) is 1.90. The predicted octanol–water partition coefficient (Wildman–Crippen LogP) is 3.63. The molecule has 0 amide bonds. The molecule has 0 aliphatic heterocycles. The van der Waals surface area contributed by atoms with Crippen molar-refractivity contribution in [2.45, 2.75) is 4.90 Å². The normalized spacial score (nSPS) is 10.4. The lowest BCUT2D eigenvalue weighted by Gasteiger charge is -1.98. The number of nitriles is 1. The average molecular weight is 223 g/mol. The number of thiophene rings is 1. The monoisotopic (exact) mass is 223 g/mol. The Hall–Kier alpha value is -1.05. The van der Waals surface area contributed by atoms with Crippen LogP contribution in [0.5, 0.6) is 0 Å². The van der Waals surface area contributed by atoms with E-state index in [1.807, 2.05) is 12.3 Å². The van der Waals surface area contributed by atoms with Gasteiger partial charge in [0.2, 0.25) is 0 Å². The molecule has 0 saturated carbocycles. The Bertz CT molecular complexity index is 525. The van der Waals surface area contributed by atoms with Gasteiger partial charge in [0, 0.05) is 15.0 Å². The van der Waals surface area contributed by atoms with Crippen LogP contribution in [-0.2, 0) is 0 Å². The van der Waals surface area contributed by atoms with Crippen LogP contribution in [-0.4, -0.2) is 6.26 Å². The van der Waals surface area contributed by atoms with Crippen LogP contribution in [0.1, 0.15) is 4.88 Å². The zero-order valence-corrected chi connectivity index (χ0v) is 9.01. The molecule has 0 aliphatic rings. The first-order valence-corrected chi connectivity index (χ1v) is 5.96. The smallest absolute Gasteiger partial charge is 0.125 e. The van der Waals surface area contributed by atoms with Gasteiger partial charge in [0.1, 0.15) is 16.8 Å². The van der Waals surface area contributed by atoms with Gasteiger partial charge in [0.05, 0.1) is 0 Å². The van der Waals surface area contributed by atoms with Gasteiger partial charge in [-0.15, -0.1) is 23.1 Å². The minimum Gasteiger partial charge on any atom is -0.207 e. The molecule has 0 saturated heterocycles. The van der Waals surface area contributed by atoms with Crippen LogP contribution in [0.3, 0.4) is 0 Å². The molecule has 0 radical (unpaired) electrons. The van der Waals surface area contributed by atoms with Crippen molar-refractivity contribution < 1.29 is 4.39 Å². The number of hydrogen-bond donors (Lipinski definition) is 0. The highest BCUT2D eigenvalue weighted by atomic mass is 32.2. The molecular formula is C10H6FNS2. The topological polar surface area (TPSA) is 23.8 Å². The summed E-state index contributed by atoms with van der Waals surface area (Å²) in [5.41, 5.74) is 0. The SMILES string of the molecule is CSc1cc(F)cc2sc(C#N)cc12. The van der Waals surface area contributed by atoms with Crippen LogP contribution in [0.15, 0.2) is 23.1 Å². The molecule has 2 aromatic rings. The molecule has 14 heavy (non-hydrogen) atoms. The number of halogens is 1. The first-order valence-electron chi connectivity index (χ1n) is 3.92. The predicted molar refractivity (Wildman–Crippen MR) is 58.3 cm³/mol. The number of thioether (sulfide) groups is 1. The Morgan fingerprint density at radius 1 is 1.43 bits per heavy atom. The van der Waals surface area contributed by atoms with Gasteiger partial charge in [-0.3, -0.25) is 0 Å². The minimum absolute atomic E-state index is 0.242. The van der Waals surface area contributed by atoms with E-state index in [0.717, 1.165) is 15.0 Å². The third-order valence-electron chi connectivity index (χ3n) is 1.89. The number of benzene rings is 1. The van der Waals surface area contributed by atoms with E-state index in [9.17, 15) is 4.39 Å². The van der Waals surface area contributed by atoms with E-state index >= 15 is 0 Å². The second-order valence-electron chi connectivity index (χ2n) is 2.74. The molecule has 0 bridgehead atoms. The first-order chi connectivity index (χ1) is 6.74. The van der Waals surface area contributed by atoms with Gasteiger partial charge in [0.25, 0.3) is 0 Å². The highest BCUT2D eigenvalue weighted by Crippen LogP contribution is 2.33. The molecule has 0 atom stereocenters. The summed E-state index contributed by atoms with van der Waals surface area (Å²) in [4.78, 5) is 1.51. The zero-order valence-electron chi connectivity index (χ0n) is 7.37. The first kappa shape index (κ1) is 9.50. The summed E-state index contributed by atoms with van der Waals surface area (Å²) in [5, 5.41) is 9.70. The van der Waals surface area contributed by atoms with Crippen molar-refractivity contribution in [2.24, 2.45) is 0 Å². The van der Waals surface area contributed by atoms with E-state index in [1.54, 1.807) is 0 Å². The summed E-state index contributed by atoms with van der Waals surface area (Å²) >= 11 is 2.82. The van der Waals surface area contributed by atoms with Crippen LogP contribution >= 0.6 is 23.1 Å². The highest BCUT2D eigenvalue weighted by Gasteiger charge is 2.07. The summed E-state index contributed by atoms with van der Waals surface area (Å²) in [5.74, 6) is -0.242. The lowest BCUT2D eigenvalue weighted by atomic mass is 10.2. The summed E-state index contributed by atoms with van der Waals surface area (Å²) < 4.78 is 13.9. The van der Waals surface area contributed by atoms with Gasteiger partial charge >= 0.3 is 0 Å². The molecule has 0 fully saturated rings. The molecule has 0 unspecified atom stereocenters. The van der Waals surface area contributed by atoms with E-state index in [2.05, 4.69) is 6.07 Å². The van der Waals surface area contributed by atoms with E-state index in [4.69, 9.17) is 5.26 Å². The highest BCUT2D eigenvalue weighted by molar-refractivity contribution is 7.98. The van der Waals surface area contributed by atoms with Crippen molar-refractivity contribution in [3.05, 3.63) is 28.9 Å². The zero-order chi connectivity index (χ0) is 10.1. The maximum atomic E-state index is 13.1. The van der Waals surface area contributed by atoms with Gasteiger partial charge in [-0.1, -0.05) is 0 Å². The lowest BCUT2D eigenvalue weighted by molar-refractivity contribution is 0.627. The average Bonchev–Trinajstić information content (AvgIpc) is 2.59. The Balaban J connectivity index is 2.79. The Labute approximate surface area is 89.2 Å². The molecule has 1 aromatic carbocycles. The van der Waals surface area contributed by atoms with E-state index in [0.29, 0.717) is 4.88 Å². The fourth-order valence-corrected chi connectivity index (χ4v) is 2.89. The van der Waals surface area contributed by atoms with Gasteiger partial charge in [-0.2, -0.15) is 5.26 Å². The fraction of sp³-hybridized carbons (Fsp3) is 0.100. The van der Waals surface area contributed by atoms with Gasteiger partial charge in [-0.05, 0) is 24.5 Å². The summed E-state index contributed by atoms with van der Waals surface area (Å²) in [6.45, 7) is 0. The molecule has 4 heteroatoms.